The first-order valence-electron chi connectivity index (χ1n) is 10.8. The van der Waals surface area contributed by atoms with Crippen molar-refractivity contribution in [3.63, 3.8) is 0 Å². The third-order valence-electron chi connectivity index (χ3n) is 6.08. The molecule has 0 radical (unpaired) electrons. The lowest BCUT2D eigenvalue weighted by molar-refractivity contribution is -0.125. The topological polar surface area (TPSA) is 90.0 Å². The van der Waals surface area contributed by atoms with Gasteiger partial charge < -0.3 is 10.2 Å². The van der Waals surface area contributed by atoms with Crippen LogP contribution in [0.25, 0.3) is 0 Å². The third kappa shape index (κ3) is 4.71. The number of fused-ring (bicyclic) bond motifs is 3. The third-order valence-corrected chi connectivity index (χ3v) is 8.15. The van der Waals surface area contributed by atoms with E-state index in [0.717, 1.165) is 34.9 Å². The van der Waals surface area contributed by atoms with Crippen molar-refractivity contribution in [1.82, 2.24) is 9.62 Å². The van der Waals surface area contributed by atoms with Gasteiger partial charge in [0.25, 0.3) is 0 Å². The molecule has 1 N–H and O–H groups in total. The number of hydrogen-bond donors (Lipinski definition) is 1. The van der Waals surface area contributed by atoms with E-state index in [-0.39, 0.29) is 29.3 Å². The van der Waals surface area contributed by atoms with Gasteiger partial charge in [-0.05, 0) is 55.2 Å². The SMILES string of the molecule is CN(C)S(=O)(=O)c1ccc2c(c1)N(CC(=O)NCc1ccc(Cl)cc1)C(=O)C1CCCCN21. The predicted molar refractivity (Wildman–Crippen MR) is 128 cm³/mol. The normalized spacial score (nSPS) is 18.2. The molecule has 1 unspecified atom stereocenters. The molecule has 0 saturated carbocycles. The Hall–Kier alpha value is -2.62. The smallest absolute Gasteiger partial charge is 0.250 e. The van der Waals surface area contributed by atoms with E-state index in [1.807, 2.05) is 17.0 Å². The molecule has 4 rings (SSSR count). The highest BCUT2D eigenvalue weighted by atomic mass is 35.5. The zero-order chi connectivity index (χ0) is 23.8. The van der Waals surface area contributed by atoms with Crippen molar-refractivity contribution < 1.29 is 18.0 Å². The summed E-state index contributed by atoms with van der Waals surface area (Å²) in [5, 5.41) is 3.45. The van der Waals surface area contributed by atoms with Crippen molar-refractivity contribution in [2.45, 2.75) is 36.7 Å². The monoisotopic (exact) mass is 490 g/mol. The molecule has 2 aromatic carbocycles. The van der Waals surface area contributed by atoms with Crippen LogP contribution in [0.2, 0.25) is 5.02 Å². The number of nitrogens with zero attached hydrogens (tertiary/aromatic N) is 3. The lowest BCUT2D eigenvalue weighted by atomic mass is 9.96. The summed E-state index contributed by atoms with van der Waals surface area (Å²) >= 11 is 5.91. The number of hydrogen-bond acceptors (Lipinski definition) is 5. The first-order valence-corrected chi connectivity index (χ1v) is 12.7. The highest BCUT2D eigenvalue weighted by Crippen LogP contribution is 2.40. The molecule has 2 amide bonds. The molecule has 0 spiro atoms. The number of benzene rings is 2. The van der Waals surface area contributed by atoms with Crippen LogP contribution >= 0.6 is 11.6 Å². The minimum atomic E-state index is -3.69. The zero-order valence-corrected chi connectivity index (χ0v) is 20.2. The Morgan fingerprint density at radius 3 is 2.55 bits per heavy atom. The largest absolute Gasteiger partial charge is 0.358 e. The van der Waals surface area contributed by atoms with Gasteiger partial charge in [0.15, 0.2) is 0 Å². The fourth-order valence-electron chi connectivity index (χ4n) is 4.27. The average molecular weight is 491 g/mol. The van der Waals surface area contributed by atoms with Crippen LogP contribution in [0.5, 0.6) is 0 Å². The molecule has 176 valence electrons. The molecule has 1 atom stereocenters. The maximum Gasteiger partial charge on any atom is 0.250 e. The lowest BCUT2D eigenvalue weighted by Crippen LogP contribution is -2.57. The van der Waals surface area contributed by atoms with Crippen LogP contribution in [-0.4, -0.2) is 57.8 Å². The van der Waals surface area contributed by atoms with Crippen LogP contribution in [0.15, 0.2) is 47.4 Å². The summed E-state index contributed by atoms with van der Waals surface area (Å²) in [4.78, 5) is 29.7. The summed E-state index contributed by atoms with van der Waals surface area (Å²) in [6.45, 7) is 0.838. The number of piperidine rings is 1. The van der Waals surface area contributed by atoms with Crippen LogP contribution in [-0.2, 0) is 26.2 Å². The second kappa shape index (κ2) is 9.32. The van der Waals surface area contributed by atoms with Gasteiger partial charge in [-0.3, -0.25) is 14.5 Å². The van der Waals surface area contributed by atoms with Gasteiger partial charge in [-0.1, -0.05) is 23.7 Å². The van der Waals surface area contributed by atoms with E-state index in [1.165, 1.54) is 25.1 Å². The molecular weight excluding hydrogens is 464 g/mol. The molecule has 2 aromatic rings. The minimum Gasteiger partial charge on any atom is -0.358 e. The molecule has 2 heterocycles. The molecule has 1 fully saturated rings. The summed E-state index contributed by atoms with van der Waals surface area (Å²) in [6.07, 6.45) is 2.60. The van der Waals surface area contributed by atoms with Crippen molar-refractivity contribution in [1.29, 1.82) is 0 Å². The fraction of sp³-hybridized carbons (Fsp3) is 0.391. The number of rotatable bonds is 6. The van der Waals surface area contributed by atoms with Gasteiger partial charge in [0.2, 0.25) is 21.8 Å². The van der Waals surface area contributed by atoms with Crippen LogP contribution in [0.3, 0.4) is 0 Å². The number of carbonyl (C=O) groups is 2. The highest BCUT2D eigenvalue weighted by molar-refractivity contribution is 7.89. The van der Waals surface area contributed by atoms with Gasteiger partial charge in [0.1, 0.15) is 12.6 Å². The Labute approximate surface area is 199 Å². The van der Waals surface area contributed by atoms with Gasteiger partial charge >= 0.3 is 0 Å². The van der Waals surface area contributed by atoms with Crippen molar-refractivity contribution in [3.05, 3.63) is 53.1 Å². The van der Waals surface area contributed by atoms with E-state index >= 15 is 0 Å². The van der Waals surface area contributed by atoms with Crippen LogP contribution in [0.4, 0.5) is 11.4 Å². The minimum absolute atomic E-state index is 0.0843. The van der Waals surface area contributed by atoms with Gasteiger partial charge in [-0.25, -0.2) is 12.7 Å². The van der Waals surface area contributed by atoms with Gasteiger partial charge in [-0.2, -0.15) is 0 Å². The summed E-state index contributed by atoms with van der Waals surface area (Å²) in [5.41, 5.74) is 2.11. The van der Waals surface area contributed by atoms with Crippen LogP contribution in [0.1, 0.15) is 24.8 Å². The first-order chi connectivity index (χ1) is 15.7. The Morgan fingerprint density at radius 1 is 1.12 bits per heavy atom. The Bertz CT molecular complexity index is 1170. The Morgan fingerprint density at radius 2 is 1.85 bits per heavy atom. The van der Waals surface area contributed by atoms with Gasteiger partial charge in [0.05, 0.1) is 16.3 Å². The lowest BCUT2D eigenvalue weighted by Gasteiger charge is -2.45. The maximum atomic E-state index is 13.4. The summed E-state index contributed by atoms with van der Waals surface area (Å²) in [5.74, 6) is -0.502. The standard InChI is InChI=1S/C23H27ClN4O4S/c1-26(2)33(31,32)18-10-11-19-21(13-18)28(23(30)20-5-3-4-12-27(19)20)15-22(29)25-14-16-6-8-17(24)9-7-16/h6-11,13,20H,3-5,12,14-15H2,1-2H3,(H,25,29). The maximum absolute atomic E-state index is 13.4. The van der Waals surface area contributed by atoms with Gasteiger partial charge in [-0.15, -0.1) is 0 Å². The van der Waals surface area contributed by atoms with Crippen molar-refractivity contribution in [3.8, 4) is 0 Å². The van der Waals surface area contributed by atoms with Crippen molar-refractivity contribution in [2.75, 3.05) is 37.0 Å². The molecule has 2 aliphatic heterocycles. The summed E-state index contributed by atoms with van der Waals surface area (Å²) < 4.78 is 26.6. The number of amides is 2. The molecule has 33 heavy (non-hydrogen) atoms. The van der Waals surface area contributed by atoms with E-state index in [9.17, 15) is 18.0 Å². The van der Waals surface area contributed by atoms with E-state index < -0.39 is 10.0 Å². The second-order valence-corrected chi connectivity index (χ2v) is 11.1. The predicted octanol–water partition coefficient (Wildman–Crippen LogP) is 2.61. The zero-order valence-electron chi connectivity index (χ0n) is 18.6. The quantitative estimate of drug-likeness (QED) is 0.672. The van der Waals surface area contributed by atoms with E-state index in [2.05, 4.69) is 5.32 Å². The molecule has 0 bridgehead atoms. The van der Waals surface area contributed by atoms with E-state index in [1.54, 1.807) is 24.3 Å². The fourth-order valence-corrected chi connectivity index (χ4v) is 5.32. The number of carbonyl (C=O) groups excluding carboxylic acids is 2. The molecule has 10 heteroatoms. The molecule has 0 aromatic heterocycles. The van der Waals surface area contributed by atoms with E-state index in [0.29, 0.717) is 23.7 Å². The molecule has 0 aliphatic carbocycles. The molecule has 8 nitrogen and oxygen atoms in total. The Kier molecular flexibility index (Phi) is 6.65. The number of sulfonamides is 1. The van der Waals surface area contributed by atoms with Crippen LogP contribution in [0, 0.1) is 0 Å². The van der Waals surface area contributed by atoms with Crippen molar-refractivity contribution >= 4 is 44.8 Å². The second-order valence-electron chi connectivity index (χ2n) is 8.47. The first kappa shape index (κ1) is 23.5. The van der Waals surface area contributed by atoms with Crippen molar-refractivity contribution in [2.24, 2.45) is 0 Å². The summed E-state index contributed by atoms with van der Waals surface area (Å²) in [6, 6.07) is 11.6. The van der Waals surface area contributed by atoms with Crippen LogP contribution < -0.4 is 15.1 Å². The van der Waals surface area contributed by atoms with E-state index in [4.69, 9.17) is 11.6 Å². The summed E-state index contributed by atoms with van der Waals surface area (Å²) in [7, 11) is -0.772. The molecule has 2 aliphatic rings. The average Bonchev–Trinajstić information content (AvgIpc) is 2.81. The molecule has 1 saturated heterocycles. The number of nitrogens with one attached hydrogen (secondary N) is 1. The molecular formula is C23H27ClN4O4S. The number of anilines is 2. The Balaban J connectivity index is 1.63. The van der Waals surface area contributed by atoms with Gasteiger partial charge in [0, 0.05) is 32.2 Å². The highest BCUT2D eigenvalue weighted by Gasteiger charge is 2.40. The number of halogens is 1.